The lowest BCUT2D eigenvalue weighted by atomic mass is 10.0. The van der Waals surface area contributed by atoms with Crippen LogP contribution in [0.5, 0.6) is 0 Å². The lowest BCUT2D eigenvalue weighted by Gasteiger charge is -2.24. The SMILES string of the molecule is CC(=O)N(O)C[C@@H]1CN(c2ccc(N3C[C@H]4CN(C(=O)CO)C[C@H]4C3)c(F)c2)C(=O)O1. The maximum atomic E-state index is 14.9. The molecular weight excluding hydrogens is 411 g/mol. The van der Waals surface area contributed by atoms with Crippen LogP contribution in [0.15, 0.2) is 18.2 Å². The summed E-state index contributed by atoms with van der Waals surface area (Å²) in [7, 11) is 0. The smallest absolute Gasteiger partial charge is 0.414 e. The third-order valence-corrected chi connectivity index (χ3v) is 6.17. The van der Waals surface area contributed by atoms with Gasteiger partial charge in [-0.25, -0.2) is 14.2 Å². The molecule has 0 unspecified atom stereocenters. The van der Waals surface area contributed by atoms with Gasteiger partial charge < -0.3 is 19.6 Å². The second-order valence-electron chi connectivity index (χ2n) is 8.24. The third-order valence-electron chi connectivity index (χ3n) is 6.17. The van der Waals surface area contributed by atoms with Crippen molar-refractivity contribution in [3.05, 3.63) is 24.0 Å². The van der Waals surface area contributed by atoms with Gasteiger partial charge in [-0.3, -0.25) is 19.7 Å². The molecule has 3 fully saturated rings. The summed E-state index contributed by atoms with van der Waals surface area (Å²) in [5.41, 5.74) is 0.764. The largest absolute Gasteiger partial charge is 0.442 e. The van der Waals surface area contributed by atoms with Crippen molar-refractivity contribution in [2.45, 2.75) is 13.0 Å². The van der Waals surface area contributed by atoms with Crippen LogP contribution in [0.25, 0.3) is 0 Å². The zero-order valence-corrected chi connectivity index (χ0v) is 17.1. The summed E-state index contributed by atoms with van der Waals surface area (Å²) in [6.45, 7) is 2.96. The van der Waals surface area contributed by atoms with Gasteiger partial charge in [-0.15, -0.1) is 0 Å². The van der Waals surface area contributed by atoms with E-state index in [4.69, 9.17) is 9.84 Å². The van der Waals surface area contributed by atoms with Crippen LogP contribution in [0.3, 0.4) is 0 Å². The van der Waals surface area contributed by atoms with Crippen LogP contribution in [0.1, 0.15) is 6.92 Å². The van der Waals surface area contributed by atoms with E-state index in [2.05, 4.69) is 0 Å². The number of anilines is 2. The number of hydrogen-bond donors (Lipinski definition) is 2. The number of cyclic esters (lactones) is 1. The molecule has 0 bridgehead atoms. The second kappa shape index (κ2) is 8.31. The number of carbonyl (C=O) groups excluding carboxylic acids is 3. The van der Waals surface area contributed by atoms with Crippen molar-refractivity contribution in [3.8, 4) is 0 Å². The lowest BCUT2D eigenvalue weighted by Crippen LogP contribution is -2.35. The molecule has 3 aliphatic rings. The van der Waals surface area contributed by atoms with Gasteiger partial charge in [0.2, 0.25) is 11.8 Å². The number of rotatable bonds is 5. The van der Waals surface area contributed by atoms with Gasteiger partial charge in [0.25, 0.3) is 0 Å². The van der Waals surface area contributed by atoms with E-state index < -0.39 is 30.5 Å². The number of halogens is 1. The van der Waals surface area contributed by atoms with Crippen LogP contribution >= 0.6 is 0 Å². The van der Waals surface area contributed by atoms with Crippen molar-refractivity contribution in [2.24, 2.45) is 11.8 Å². The monoisotopic (exact) mass is 436 g/mol. The number of benzene rings is 1. The first-order valence-electron chi connectivity index (χ1n) is 10.1. The fourth-order valence-corrected chi connectivity index (χ4v) is 4.56. The summed E-state index contributed by atoms with van der Waals surface area (Å²) in [5, 5.41) is 19.0. The number of hydrogen-bond acceptors (Lipinski definition) is 7. The molecule has 31 heavy (non-hydrogen) atoms. The van der Waals surface area contributed by atoms with Gasteiger partial charge in [-0.2, -0.15) is 0 Å². The maximum Gasteiger partial charge on any atom is 0.414 e. The molecule has 168 valence electrons. The van der Waals surface area contributed by atoms with E-state index in [1.165, 1.54) is 17.9 Å². The Hall–Kier alpha value is -2.92. The standard InChI is InChI=1S/C20H25FN4O6/c1-12(27)25(30)10-16-9-24(20(29)31-16)15-2-3-18(17(21)4-15)22-5-13-7-23(19(28)11-26)8-14(13)6-22/h2-4,13-14,16,26,30H,5-11H2,1H3/t13-,14+,16-/m0/s1. The Bertz CT molecular complexity index is 884. The Morgan fingerprint density at radius 2 is 1.87 bits per heavy atom. The number of nitrogens with zero attached hydrogens (tertiary/aromatic N) is 4. The molecule has 3 atom stereocenters. The first-order chi connectivity index (χ1) is 14.8. The van der Waals surface area contributed by atoms with E-state index in [-0.39, 0.29) is 30.8 Å². The Kier molecular flexibility index (Phi) is 5.71. The lowest BCUT2D eigenvalue weighted by molar-refractivity contribution is -0.166. The van der Waals surface area contributed by atoms with Gasteiger partial charge in [0.15, 0.2) is 0 Å². The van der Waals surface area contributed by atoms with E-state index >= 15 is 0 Å². The van der Waals surface area contributed by atoms with E-state index in [9.17, 15) is 24.0 Å². The number of fused-ring (bicyclic) bond motifs is 1. The van der Waals surface area contributed by atoms with Crippen molar-refractivity contribution in [2.75, 3.05) is 55.7 Å². The van der Waals surface area contributed by atoms with Gasteiger partial charge in [-0.1, -0.05) is 0 Å². The fraction of sp³-hybridized carbons (Fsp3) is 0.550. The highest BCUT2D eigenvalue weighted by atomic mass is 19.1. The number of aliphatic hydroxyl groups is 1. The highest BCUT2D eigenvalue weighted by Gasteiger charge is 2.42. The number of aliphatic hydroxyl groups excluding tert-OH is 1. The number of carbonyl (C=O) groups is 3. The van der Waals surface area contributed by atoms with Gasteiger partial charge >= 0.3 is 6.09 Å². The molecule has 3 saturated heterocycles. The molecule has 0 saturated carbocycles. The van der Waals surface area contributed by atoms with Crippen LogP contribution in [-0.2, 0) is 14.3 Å². The molecule has 1 aromatic carbocycles. The molecule has 11 heteroatoms. The Morgan fingerprint density at radius 3 is 2.45 bits per heavy atom. The molecule has 1 aromatic rings. The van der Waals surface area contributed by atoms with E-state index in [1.54, 1.807) is 17.0 Å². The van der Waals surface area contributed by atoms with Crippen LogP contribution in [-0.4, -0.2) is 90.2 Å². The second-order valence-corrected chi connectivity index (χ2v) is 8.24. The first kappa shape index (κ1) is 21.3. The summed E-state index contributed by atoms with van der Waals surface area (Å²) in [6, 6.07) is 4.53. The predicted octanol–water partition coefficient (Wildman–Crippen LogP) is 0.275. The Labute approximate surface area is 178 Å². The molecule has 0 radical (unpaired) electrons. The van der Waals surface area contributed by atoms with E-state index in [0.717, 1.165) is 0 Å². The summed E-state index contributed by atoms with van der Waals surface area (Å²) >= 11 is 0. The van der Waals surface area contributed by atoms with Crippen molar-refractivity contribution in [1.82, 2.24) is 9.96 Å². The molecule has 3 heterocycles. The topological polar surface area (TPSA) is 114 Å². The fourth-order valence-electron chi connectivity index (χ4n) is 4.56. The summed E-state index contributed by atoms with van der Waals surface area (Å²) in [5.74, 6) is -0.855. The predicted molar refractivity (Wildman–Crippen MR) is 106 cm³/mol. The quantitative estimate of drug-likeness (QED) is 0.503. The van der Waals surface area contributed by atoms with Crippen LogP contribution in [0.2, 0.25) is 0 Å². The minimum atomic E-state index is -0.716. The van der Waals surface area contributed by atoms with E-state index in [0.29, 0.717) is 42.6 Å². The molecular formula is C20H25FN4O6. The zero-order chi connectivity index (χ0) is 22.3. The van der Waals surface area contributed by atoms with Gasteiger partial charge in [-0.05, 0) is 18.2 Å². The van der Waals surface area contributed by atoms with Crippen molar-refractivity contribution < 1.29 is 33.8 Å². The zero-order valence-electron chi connectivity index (χ0n) is 17.1. The van der Waals surface area contributed by atoms with Crippen molar-refractivity contribution >= 4 is 29.3 Å². The minimum absolute atomic E-state index is 0.0878. The van der Waals surface area contributed by atoms with Crippen LogP contribution in [0.4, 0.5) is 20.6 Å². The highest BCUT2D eigenvalue weighted by Crippen LogP contribution is 2.36. The van der Waals surface area contributed by atoms with Crippen molar-refractivity contribution in [1.29, 1.82) is 0 Å². The Morgan fingerprint density at radius 1 is 1.19 bits per heavy atom. The number of likely N-dealkylation sites (tertiary alicyclic amines) is 1. The Balaban J connectivity index is 1.40. The molecule has 0 aliphatic carbocycles. The van der Waals surface area contributed by atoms with Gasteiger partial charge in [0.1, 0.15) is 18.5 Å². The third kappa shape index (κ3) is 4.15. The minimum Gasteiger partial charge on any atom is -0.442 e. The highest BCUT2D eigenvalue weighted by molar-refractivity contribution is 5.90. The molecule has 0 spiro atoms. The van der Waals surface area contributed by atoms with Crippen LogP contribution in [0, 0.1) is 17.7 Å². The molecule has 4 rings (SSSR count). The molecule has 0 aromatic heterocycles. The molecule has 10 nitrogen and oxygen atoms in total. The summed E-state index contributed by atoms with van der Waals surface area (Å²) in [6.07, 6.45) is -1.38. The van der Waals surface area contributed by atoms with Crippen LogP contribution < -0.4 is 9.80 Å². The van der Waals surface area contributed by atoms with Gasteiger partial charge in [0.05, 0.1) is 24.5 Å². The molecule has 3 aliphatic heterocycles. The molecule has 3 amide bonds. The van der Waals surface area contributed by atoms with Crippen molar-refractivity contribution in [3.63, 3.8) is 0 Å². The summed E-state index contributed by atoms with van der Waals surface area (Å²) in [4.78, 5) is 39.9. The van der Waals surface area contributed by atoms with E-state index in [1.807, 2.05) is 4.90 Å². The average Bonchev–Trinajstić information content (AvgIpc) is 3.40. The van der Waals surface area contributed by atoms with Gasteiger partial charge in [0, 0.05) is 44.9 Å². The first-order valence-corrected chi connectivity index (χ1v) is 10.1. The average molecular weight is 436 g/mol. The maximum absolute atomic E-state index is 14.9. The summed E-state index contributed by atoms with van der Waals surface area (Å²) < 4.78 is 20.1. The number of hydroxylamine groups is 2. The number of amides is 3. The number of ether oxygens (including phenoxy) is 1. The normalized spacial score (nSPS) is 25.1. The molecule has 2 N–H and O–H groups in total.